The average Bonchev–Trinajstić information content (AvgIpc) is 3.70. The first-order valence-electron chi connectivity index (χ1n) is 16.4. The second-order valence-electron chi connectivity index (χ2n) is 12.8. The van der Waals surface area contributed by atoms with Gasteiger partial charge < -0.3 is 0 Å². The van der Waals surface area contributed by atoms with E-state index in [9.17, 15) is 0 Å². The minimum Gasteiger partial charge on any atom is -0.135 e. The van der Waals surface area contributed by atoms with Gasteiger partial charge in [-0.05, 0) is 90.3 Å². The summed E-state index contributed by atoms with van der Waals surface area (Å²) in [6.07, 6.45) is 0. The molecule has 0 N–H and O–H groups in total. The second-order valence-corrected chi connectivity index (χ2v) is 14.9. The lowest BCUT2D eigenvalue weighted by Crippen LogP contribution is -1.91. The van der Waals surface area contributed by atoms with Crippen LogP contribution in [-0.2, 0) is 0 Å². The van der Waals surface area contributed by atoms with Gasteiger partial charge >= 0.3 is 0 Å². The summed E-state index contributed by atoms with van der Waals surface area (Å²) in [7, 11) is 0. The third-order valence-corrected chi connectivity index (χ3v) is 12.6. The van der Waals surface area contributed by atoms with Gasteiger partial charge in [0.25, 0.3) is 0 Å². The van der Waals surface area contributed by atoms with Crippen LogP contribution in [0.15, 0.2) is 158 Å². The Labute approximate surface area is 284 Å². The Balaban J connectivity index is 1.19. The molecule has 11 aromatic rings. The minimum atomic E-state index is 1.26. The molecule has 0 radical (unpaired) electrons. The summed E-state index contributed by atoms with van der Waals surface area (Å²) in [5.74, 6) is 0. The first kappa shape index (κ1) is 26.5. The van der Waals surface area contributed by atoms with Crippen molar-refractivity contribution in [3.63, 3.8) is 0 Å². The van der Waals surface area contributed by atoms with Crippen LogP contribution < -0.4 is 0 Å². The topological polar surface area (TPSA) is 0 Å². The molecule has 0 spiro atoms. The van der Waals surface area contributed by atoms with E-state index in [-0.39, 0.29) is 0 Å². The minimum absolute atomic E-state index is 1.26. The van der Waals surface area contributed by atoms with Crippen molar-refractivity contribution in [2.75, 3.05) is 0 Å². The van der Waals surface area contributed by atoms with Crippen molar-refractivity contribution in [2.24, 2.45) is 0 Å². The highest BCUT2D eigenvalue weighted by atomic mass is 32.1. The van der Waals surface area contributed by atoms with E-state index in [1.807, 2.05) is 22.7 Å². The van der Waals surface area contributed by atoms with Crippen molar-refractivity contribution < 1.29 is 0 Å². The summed E-state index contributed by atoms with van der Waals surface area (Å²) in [6, 6.07) is 58.9. The summed E-state index contributed by atoms with van der Waals surface area (Å²) >= 11 is 3.82. The monoisotopic (exact) mass is 642 g/mol. The van der Waals surface area contributed by atoms with Crippen molar-refractivity contribution in [1.82, 2.24) is 0 Å². The van der Waals surface area contributed by atoms with Crippen LogP contribution in [0.2, 0.25) is 0 Å². The zero-order valence-electron chi connectivity index (χ0n) is 25.8. The lowest BCUT2D eigenvalue weighted by atomic mass is 9.84. The molecule has 2 heterocycles. The summed E-state index contributed by atoms with van der Waals surface area (Å²) in [4.78, 5) is 0. The van der Waals surface area contributed by atoms with Gasteiger partial charge in [-0.25, -0.2) is 0 Å². The van der Waals surface area contributed by atoms with E-state index >= 15 is 0 Å². The first-order chi connectivity index (χ1) is 23.8. The molecule has 0 aliphatic carbocycles. The fourth-order valence-electron chi connectivity index (χ4n) is 8.11. The molecule has 0 fully saturated rings. The Bertz CT molecular complexity index is 3060. The summed E-state index contributed by atoms with van der Waals surface area (Å²) < 4.78 is 5.42. The molecule has 2 heteroatoms. The van der Waals surface area contributed by atoms with Crippen LogP contribution in [0.3, 0.4) is 0 Å². The SMILES string of the molecule is c1ccc2c(-c3c4ccccc4c(-c4ccc5sc6c7cc8sc9ccccc9c8cc7ccc6c5c4)c4ccccc34)cccc2c1. The number of rotatable bonds is 2. The van der Waals surface area contributed by atoms with E-state index < -0.39 is 0 Å². The van der Waals surface area contributed by atoms with Gasteiger partial charge in [-0.15, -0.1) is 22.7 Å². The maximum atomic E-state index is 2.45. The van der Waals surface area contributed by atoms with Gasteiger partial charge in [-0.1, -0.05) is 127 Å². The molecule has 0 unspecified atom stereocenters. The first-order valence-corrected chi connectivity index (χ1v) is 18.1. The molecule has 0 amide bonds. The van der Waals surface area contributed by atoms with Crippen molar-refractivity contribution >= 4 is 106 Å². The molecule has 9 aromatic carbocycles. The number of benzene rings is 9. The third-order valence-electron chi connectivity index (χ3n) is 10.2. The highest BCUT2D eigenvalue weighted by Gasteiger charge is 2.19. The van der Waals surface area contributed by atoms with Crippen LogP contribution in [0.25, 0.3) is 106 Å². The van der Waals surface area contributed by atoms with Gasteiger partial charge in [0.1, 0.15) is 0 Å². The molecular formula is C46H26S2. The predicted octanol–water partition coefficient (Wildman–Crippen LogP) is 14.4. The van der Waals surface area contributed by atoms with Crippen molar-refractivity contribution in [1.29, 1.82) is 0 Å². The Morgan fingerprint density at radius 2 is 0.917 bits per heavy atom. The largest absolute Gasteiger partial charge is 0.135 e. The van der Waals surface area contributed by atoms with Gasteiger partial charge in [0.05, 0.1) is 0 Å². The number of thiophene rings is 2. The third kappa shape index (κ3) is 3.70. The molecule has 0 atom stereocenters. The Kier molecular flexibility index (Phi) is 5.51. The molecular weight excluding hydrogens is 617 g/mol. The van der Waals surface area contributed by atoms with Crippen LogP contribution in [-0.4, -0.2) is 0 Å². The van der Waals surface area contributed by atoms with Gasteiger partial charge in [-0.3, -0.25) is 0 Å². The van der Waals surface area contributed by atoms with Crippen LogP contribution in [0, 0.1) is 0 Å². The maximum absolute atomic E-state index is 2.45. The second kappa shape index (κ2) is 9.98. The van der Waals surface area contributed by atoms with Gasteiger partial charge in [0, 0.05) is 45.7 Å². The fraction of sp³-hybridized carbons (Fsp3) is 0. The molecule has 0 saturated carbocycles. The number of fused-ring (bicyclic) bond motifs is 11. The highest BCUT2D eigenvalue weighted by Crippen LogP contribution is 2.47. The van der Waals surface area contributed by atoms with Gasteiger partial charge in [-0.2, -0.15) is 0 Å². The molecule has 0 aliphatic heterocycles. The Morgan fingerprint density at radius 3 is 1.71 bits per heavy atom. The molecule has 0 nitrogen and oxygen atoms in total. The Hall–Kier alpha value is -5.54. The zero-order valence-corrected chi connectivity index (χ0v) is 27.5. The Morgan fingerprint density at radius 1 is 0.292 bits per heavy atom. The van der Waals surface area contributed by atoms with Crippen LogP contribution in [0.1, 0.15) is 0 Å². The van der Waals surface area contributed by atoms with E-state index in [1.165, 1.54) is 106 Å². The van der Waals surface area contributed by atoms with Gasteiger partial charge in [0.2, 0.25) is 0 Å². The van der Waals surface area contributed by atoms with Gasteiger partial charge in [0.15, 0.2) is 0 Å². The van der Waals surface area contributed by atoms with Crippen LogP contribution in [0.4, 0.5) is 0 Å². The van der Waals surface area contributed by atoms with Crippen molar-refractivity contribution in [3.05, 3.63) is 158 Å². The van der Waals surface area contributed by atoms with E-state index in [0.29, 0.717) is 0 Å². The smallest absolute Gasteiger partial charge is 0.0434 e. The van der Waals surface area contributed by atoms with Crippen molar-refractivity contribution in [3.8, 4) is 22.3 Å². The van der Waals surface area contributed by atoms with Crippen LogP contribution in [0.5, 0.6) is 0 Å². The fourth-order valence-corrected chi connectivity index (χ4v) is 10.4. The standard InChI is InChI=1S/C46H26S2/c1-2-12-30-27(10-1)11-9-18-32(30)45-35-16-5-3-14-33(35)44(34-15-4-6-17-36(34)45)29-21-23-42-40(25-29)37-22-20-28-24-39-31-13-7-8-19-41(31)47-43(39)26-38(28)46(37)48-42/h1-26H. The number of hydrogen-bond donors (Lipinski definition) is 0. The molecule has 11 rings (SSSR count). The molecule has 2 aromatic heterocycles. The zero-order chi connectivity index (χ0) is 31.3. The summed E-state index contributed by atoms with van der Waals surface area (Å²) in [5.41, 5.74) is 5.16. The molecule has 0 aliphatic rings. The van der Waals surface area contributed by atoms with E-state index in [1.54, 1.807) is 0 Å². The molecule has 222 valence electrons. The van der Waals surface area contributed by atoms with Crippen LogP contribution >= 0.6 is 22.7 Å². The molecule has 0 saturated heterocycles. The molecule has 48 heavy (non-hydrogen) atoms. The molecule has 0 bridgehead atoms. The summed E-state index contributed by atoms with van der Waals surface area (Å²) in [6.45, 7) is 0. The predicted molar refractivity (Wildman–Crippen MR) is 213 cm³/mol. The lowest BCUT2D eigenvalue weighted by Gasteiger charge is -2.19. The highest BCUT2D eigenvalue weighted by molar-refractivity contribution is 7.27. The van der Waals surface area contributed by atoms with E-state index in [2.05, 4.69) is 158 Å². The van der Waals surface area contributed by atoms with E-state index in [4.69, 9.17) is 0 Å². The normalized spacial score (nSPS) is 12.2. The summed E-state index contributed by atoms with van der Waals surface area (Å²) in [5, 5.41) is 15.7. The quantitative estimate of drug-likeness (QED) is 0.165. The maximum Gasteiger partial charge on any atom is 0.0434 e. The average molecular weight is 643 g/mol. The lowest BCUT2D eigenvalue weighted by molar-refractivity contribution is 1.69. The van der Waals surface area contributed by atoms with E-state index in [0.717, 1.165) is 0 Å². The van der Waals surface area contributed by atoms with Crippen molar-refractivity contribution in [2.45, 2.75) is 0 Å². The number of hydrogen-bond acceptors (Lipinski definition) is 2.